The zero-order chi connectivity index (χ0) is 6.50. The molecular weight excluding hydrogens is 197 g/mol. The first-order valence-corrected chi connectivity index (χ1v) is 3.13. The summed E-state index contributed by atoms with van der Waals surface area (Å²) in [5.74, 6) is 0. The molecule has 0 N–H and O–H groups in total. The SMILES string of the molecule is ClC(Cl)(Cl)Cl.[O]=[AlH]. The Morgan fingerprint density at radius 1 is 1.00 bits per heavy atom. The molecular formula is CHAlCl4O. The summed E-state index contributed by atoms with van der Waals surface area (Å²) >= 11 is 19.9. The molecule has 0 heterocycles. The van der Waals surface area contributed by atoms with Crippen LogP contribution in [0, 0.1) is 0 Å². The van der Waals surface area contributed by atoms with Crippen LogP contribution >= 0.6 is 46.4 Å². The summed E-state index contributed by atoms with van der Waals surface area (Å²) in [7, 11) is 0. The Morgan fingerprint density at radius 2 is 1.00 bits per heavy atom. The van der Waals surface area contributed by atoms with Crippen molar-refractivity contribution in [1.82, 2.24) is 0 Å². The molecule has 0 fully saturated rings. The standard InChI is InChI=1S/CCl4.Al.O.H/c2-1(3,4)5;;;. The van der Waals surface area contributed by atoms with E-state index in [0.29, 0.717) is 16.2 Å². The Hall–Kier alpha value is 1.49. The van der Waals surface area contributed by atoms with Gasteiger partial charge in [0.2, 0.25) is 0 Å². The Kier molecular flexibility index (Phi) is 9.09. The Morgan fingerprint density at radius 3 is 1.00 bits per heavy atom. The van der Waals surface area contributed by atoms with Crippen LogP contribution in [0.3, 0.4) is 0 Å². The fourth-order valence-electron chi connectivity index (χ4n) is 0. The van der Waals surface area contributed by atoms with Crippen molar-refractivity contribution < 1.29 is 3.80 Å². The van der Waals surface area contributed by atoms with E-state index in [0.717, 1.165) is 0 Å². The molecule has 6 heteroatoms. The molecule has 0 unspecified atom stereocenters. The maximum atomic E-state index is 8.28. The average Bonchev–Trinajstić information content (AvgIpc) is 1.36. The van der Waals surface area contributed by atoms with Crippen LogP contribution in [-0.2, 0) is 3.80 Å². The van der Waals surface area contributed by atoms with Crippen molar-refractivity contribution in [2.75, 3.05) is 0 Å². The summed E-state index contributed by atoms with van der Waals surface area (Å²) in [6, 6.07) is 0. The van der Waals surface area contributed by atoms with Gasteiger partial charge < -0.3 is 0 Å². The van der Waals surface area contributed by atoms with Gasteiger partial charge in [0.25, 0.3) is 3.25 Å². The molecule has 0 aromatic carbocycles. The molecule has 0 aliphatic rings. The number of hydrogen-bond acceptors (Lipinski definition) is 1. The molecule has 0 amide bonds. The van der Waals surface area contributed by atoms with Gasteiger partial charge in [-0.05, 0) is 0 Å². The second kappa shape index (κ2) is 5.63. The van der Waals surface area contributed by atoms with Crippen molar-refractivity contribution in [2.45, 2.75) is 3.25 Å². The molecule has 0 aliphatic heterocycles. The monoisotopic (exact) mass is 196 g/mol. The normalized spacial score (nSPS) is 9.00. The van der Waals surface area contributed by atoms with Gasteiger partial charge in [0.15, 0.2) is 0 Å². The number of rotatable bonds is 0. The molecule has 1 nitrogen and oxygen atoms in total. The van der Waals surface area contributed by atoms with Gasteiger partial charge in [-0.3, -0.25) is 0 Å². The molecule has 0 spiro atoms. The topological polar surface area (TPSA) is 17.1 Å². The van der Waals surface area contributed by atoms with Crippen LogP contribution < -0.4 is 0 Å². The molecule has 0 bridgehead atoms. The van der Waals surface area contributed by atoms with E-state index in [9.17, 15) is 0 Å². The van der Waals surface area contributed by atoms with E-state index in [2.05, 4.69) is 0 Å². The number of alkyl halides is 4. The van der Waals surface area contributed by atoms with Crippen molar-refractivity contribution in [1.29, 1.82) is 0 Å². The molecule has 0 atom stereocenters. The van der Waals surface area contributed by atoms with Crippen molar-refractivity contribution in [3.05, 3.63) is 0 Å². The summed E-state index contributed by atoms with van der Waals surface area (Å²) in [5, 5.41) is 0. The zero-order valence-electron chi connectivity index (χ0n) is 3.13. The van der Waals surface area contributed by atoms with Gasteiger partial charge >= 0.3 is 20.0 Å². The van der Waals surface area contributed by atoms with Gasteiger partial charge in [-0.2, -0.15) is 0 Å². The van der Waals surface area contributed by atoms with E-state index < -0.39 is 3.25 Å². The molecule has 7 heavy (non-hydrogen) atoms. The molecule has 0 aliphatic carbocycles. The molecule has 0 saturated carbocycles. The van der Waals surface area contributed by atoms with E-state index in [1.807, 2.05) is 0 Å². The second-order valence-corrected chi connectivity index (χ2v) is 3.86. The second-order valence-electron chi connectivity index (χ2n) is 0.429. The van der Waals surface area contributed by atoms with Gasteiger partial charge in [0.05, 0.1) is 0 Å². The predicted octanol–water partition coefficient (Wildman–Crippen LogP) is 1.79. The molecule has 0 saturated heterocycles. The first-order chi connectivity index (χ1) is 3.00. The molecule has 0 aromatic rings. The van der Waals surface area contributed by atoms with Gasteiger partial charge in [-0.25, -0.2) is 0 Å². The van der Waals surface area contributed by atoms with Crippen molar-refractivity contribution in [2.24, 2.45) is 0 Å². The summed E-state index contributed by atoms with van der Waals surface area (Å²) in [5.41, 5.74) is 0. The molecule has 42 valence electrons. The van der Waals surface area contributed by atoms with E-state index in [-0.39, 0.29) is 0 Å². The quantitative estimate of drug-likeness (QED) is 0.428. The Labute approximate surface area is 69.5 Å². The minimum atomic E-state index is -1.61. The first kappa shape index (κ1) is 11.3. The zero-order valence-corrected chi connectivity index (χ0v) is 7.57. The van der Waals surface area contributed by atoms with Gasteiger partial charge in [0.1, 0.15) is 0 Å². The summed E-state index contributed by atoms with van der Waals surface area (Å²) in [4.78, 5) is 0. The molecule has 0 aromatic heterocycles. The summed E-state index contributed by atoms with van der Waals surface area (Å²) in [6.45, 7) is 0. The van der Waals surface area contributed by atoms with Crippen LogP contribution in [0.15, 0.2) is 0 Å². The van der Waals surface area contributed by atoms with Crippen LogP contribution in [0.2, 0.25) is 0 Å². The third kappa shape index (κ3) is 101. The minimum absolute atomic E-state index is 0.611. The Balaban J connectivity index is 0. The fourth-order valence-corrected chi connectivity index (χ4v) is 0. The summed E-state index contributed by atoms with van der Waals surface area (Å²) in [6.07, 6.45) is 0. The fraction of sp³-hybridized carbons (Fsp3) is 1.00. The first-order valence-electron chi connectivity index (χ1n) is 1.04. The van der Waals surface area contributed by atoms with Gasteiger partial charge in [-0.1, -0.05) is 46.4 Å². The van der Waals surface area contributed by atoms with Gasteiger partial charge in [-0.15, -0.1) is 0 Å². The van der Waals surface area contributed by atoms with Crippen LogP contribution in [0.5, 0.6) is 0 Å². The Bertz CT molecular complexity index is 35.4. The molecule has 0 rings (SSSR count). The van der Waals surface area contributed by atoms with E-state index in [1.54, 1.807) is 0 Å². The predicted molar refractivity (Wildman–Crippen MR) is 34.0 cm³/mol. The average molecular weight is 198 g/mol. The van der Waals surface area contributed by atoms with Crippen molar-refractivity contribution in [3.8, 4) is 0 Å². The van der Waals surface area contributed by atoms with Crippen molar-refractivity contribution in [3.63, 3.8) is 0 Å². The van der Waals surface area contributed by atoms with Crippen LogP contribution in [0.25, 0.3) is 0 Å². The van der Waals surface area contributed by atoms with E-state index in [4.69, 9.17) is 50.2 Å². The van der Waals surface area contributed by atoms with E-state index in [1.165, 1.54) is 0 Å². The van der Waals surface area contributed by atoms with Gasteiger partial charge in [0, 0.05) is 0 Å². The summed E-state index contributed by atoms with van der Waals surface area (Å²) < 4.78 is 6.67. The maximum absolute atomic E-state index is 8.28. The molecule has 0 radical (unpaired) electrons. The van der Waals surface area contributed by atoms with Crippen LogP contribution in [-0.4, -0.2) is 19.5 Å². The number of hydrogen-bond donors (Lipinski definition) is 0. The third-order valence-corrected chi connectivity index (χ3v) is 0. The van der Waals surface area contributed by atoms with E-state index >= 15 is 0 Å². The number of halogens is 4. The van der Waals surface area contributed by atoms with Crippen molar-refractivity contribution >= 4 is 62.6 Å². The third-order valence-electron chi connectivity index (χ3n) is 0. The van der Waals surface area contributed by atoms with Crippen LogP contribution in [0.1, 0.15) is 0 Å². The van der Waals surface area contributed by atoms with Crippen LogP contribution in [0.4, 0.5) is 0 Å².